The van der Waals surface area contributed by atoms with E-state index in [-0.39, 0.29) is 6.61 Å². The van der Waals surface area contributed by atoms with Gasteiger partial charge in [-0.05, 0) is 57.7 Å². The molecule has 4 heteroatoms. The van der Waals surface area contributed by atoms with Crippen LogP contribution in [0.4, 0.5) is 5.69 Å². The van der Waals surface area contributed by atoms with Gasteiger partial charge in [-0.15, -0.1) is 0 Å². The van der Waals surface area contributed by atoms with Crippen LogP contribution < -0.4 is 10.1 Å². The fourth-order valence-corrected chi connectivity index (χ4v) is 3.17. The molecule has 1 aromatic carbocycles. The third-order valence-electron chi connectivity index (χ3n) is 4.52. The lowest BCUT2D eigenvalue weighted by molar-refractivity contribution is 0.275. The topological polar surface area (TPSA) is 54.4 Å². The molecule has 0 aliphatic carbocycles. The summed E-state index contributed by atoms with van der Waals surface area (Å²) in [5.74, 6) is 1.29. The van der Waals surface area contributed by atoms with Gasteiger partial charge in [-0.2, -0.15) is 0 Å². The molecule has 0 bridgehead atoms. The maximum absolute atomic E-state index is 9.95. The van der Waals surface area contributed by atoms with Crippen LogP contribution in [-0.4, -0.2) is 16.1 Å². The van der Waals surface area contributed by atoms with Crippen molar-refractivity contribution in [3.63, 3.8) is 0 Å². The van der Waals surface area contributed by atoms with E-state index in [0.29, 0.717) is 17.5 Å². The predicted octanol–water partition coefficient (Wildman–Crippen LogP) is 5.20. The van der Waals surface area contributed by atoms with Gasteiger partial charge in [-0.25, -0.2) is 4.98 Å². The van der Waals surface area contributed by atoms with Gasteiger partial charge < -0.3 is 15.2 Å². The Morgan fingerprint density at radius 1 is 1.04 bits per heavy atom. The molecule has 2 aromatic rings. The second kappa shape index (κ2) is 8.34. The fraction of sp³-hybridized carbons (Fsp3) is 0.476. The van der Waals surface area contributed by atoms with Crippen LogP contribution in [0.3, 0.4) is 0 Å². The molecule has 0 aliphatic rings. The quantitative estimate of drug-likeness (QED) is 0.726. The van der Waals surface area contributed by atoms with Gasteiger partial charge in [0.1, 0.15) is 5.75 Å². The van der Waals surface area contributed by atoms with Gasteiger partial charge in [-0.3, -0.25) is 0 Å². The average molecular weight is 342 g/mol. The molecule has 0 aliphatic heterocycles. The van der Waals surface area contributed by atoms with Crippen molar-refractivity contribution in [1.82, 2.24) is 4.98 Å². The van der Waals surface area contributed by atoms with E-state index in [2.05, 4.69) is 43.2 Å². The van der Waals surface area contributed by atoms with Crippen molar-refractivity contribution in [1.29, 1.82) is 0 Å². The summed E-state index contributed by atoms with van der Waals surface area (Å²) in [7, 11) is 0. The first-order valence-corrected chi connectivity index (χ1v) is 9.03. The second-order valence-electron chi connectivity index (χ2n) is 6.74. The number of pyridine rings is 1. The molecule has 2 rings (SSSR count). The standard InChI is InChI=1S/C21H30N2O2/c1-7-17(8-2)23-19-11-16(6)22-21(18(19)12-24)25-20-14(4)9-13(3)10-15(20)5/h9-11,17,24H,7-8,12H2,1-6H3,(H,22,23). The highest BCUT2D eigenvalue weighted by molar-refractivity contribution is 5.58. The van der Waals surface area contributed by atoms with Crippen molar-refractivity contribution in [2.75, 3.05) is 5.32 Å². The van der Waals surface area contributed by atoms with Gasteiger partial charge >= 0.3 is 0 Å². The van der Waals surface area contributed by atoms with E-state index in [9.17, 15) is 5.11 Å². The monoisotopic (exact) mass is 342 g/mol. The molecule has 136 valence electrons. The van der Waals surface area contributed by atoms with Gasteiger partial charge in [0.2, 0.25) is 5.88 Å². The largest absolute Gasteiger partial charge is 0.438 e. The van der Waals surface area contributed by atoms with Gasteiger partial charge in [-0.1, -0.05) is 31.5 Å². The van der Waals surface area contributed by atoms with Crippen LogP contribution in [0.5, 0.6) is 11.6 Å². The summed E-state index contributed by atoms with van der Waals surface area (Å²) in [4.78, 5) is 4.54. The number of aromatic nitrogens is 1. The number of aliphatic hydroxyl groups excluding tert-OH is 1. The number of benzene rings is 1. The summed E-state index contributed by atoms with van der Waals surface area (Å²) in [5.41, 5.74) is 5.82. The summed E-state index contributed by atoms with van der Waals surface area (Å²) >= 11 is 0. The van der Waals surface area contributed by atoms with Crippen molar-refractivity contribution in [2.24, 2.45) is 0 Å². The van der Waals surface area contributed by atoms with E-state index in [1.807, 2.05) is 26.8 Å². The highest BCUT2D eigenvalue weighted by Gasteiger charge is 2.17. The first kappa shape index (κ1) is 19.3. The molecule has 0 atom stereocenters. The zero-order chi connectivity index (χ0) is 18.6. The Morgan fingerprint density at radius 3 is 2.16 bits per heavy atom. The molecular weight excluding hydrogens is 312 g/mol. The third kappa shape index (κ3) is 4.51. The molecule has 2 N–H and O–H groups in total. The Hall–Kier alpha value is -2.07. The number of aliphatic hydroxyl groups is 1. The number of aryl methyl sites for hydroxylation is 4. The lowest BCUT2D eigenvalue weighted by atomic mass is 10.1. The molecule has 4 nitrogen and oxygen atoms in total. The maximum Gasteiger partial charge on any atom is 0.227 e. The Labute approximate surface area is 151 Å². The normalized spacial score (nSPS) is 11.0. The van der Waals surface area contributed by atoms with Crippen molar-refractivity contribution >= 4 is 5.69 Å². The number of hydrogen-bond donors (Lipinski definition) is 2. The number of ether oxygens (including phenoxy) is 1. The predicted molar refractivity (Wildman–Crippen MR) is 104 cm³/mol. The number of anilines is 1. The Kier molecular flexibility index (Phi) is 6.43. The lowest BCUT2D eigenvalue weighted by Gasteiger charge is -2.21. The minimum absolute atomic E-state index is 0.116. The van der Waals surface area contributed by atoms with E-state index in [1.54, 1.807) is 0 Å². The summed E-state index contributed by atoms with van der Waals surface area (Å²) in [6.45, 7) is 12.3. The van der Waals surface area contributed by atoms with Gasteiger partial charge in [0.05, 0.1) is 12.2 Å². The minimum atomic E-state index is -0.116. The molecule has 0 fully saturated rings. The van der Waals surface area contributed by atoms with Crippen molar-refractivity contribution in [3.8, 4) is 11.6 Å². The summed E-state index contributed by atoms with van der Waals surface area (Å²) in [6.07, 6.45) is 2.05. The fourth-order valence-electron chi connectivity index (χ4n) is 3.17. The molecule has 0 spiro atoms. The molecule has 1 aromatic heterocycles. The van der Waals surface area contributed by atoms with Crippen LogP contribution in [0.25, 0.3) is 0 Å². The molecule has 0 unspecified atom stereocenters. The van der Waals surface area contributed by atoms with Crippen molar-refractivity contribution in [2.45, 2.75) is 67.0 Å². The van der Waals surface area contributed by atoms with E-state index in [4.69, 9.17) is 4.74 Å². The third-order valence-corrected chi connectivity index (χ3v) is 4.52. The molecule has 0 saturated carbocycles. The first-order chi connectivity index (χ1) is 11.9. The van der Waals surface area contributed by atoms with Crippen molar-refractivity contribution < 1.29 is 9.84 Å². The van der Waals surface area contributed by atoms with E-state index in [0.717, 1.165) is 41.1 Å². The van der Waals surface area contributed by atoms with Crippen LogP contribution in [0.15, 0.2) is 18.2 Å². The van der Waals surface area contributed by atoms with Gasteiger partial charge in [0, 0.05) is 17.4 Å². The summed E-state index contributed by atoms with van der Waals surface area (Å²) in [5, 5.41) is 13.5. The Balaban J connectivity index is 2.46. The molecule has 0 amide bonds. The summed E-state index contributed by atoms with van der Waals surface area (Å²) in [6, 6.07) is 6.54. The van der Waals surface area contributed by atoms with Gasteiger partial charge in [0.25, 0.3) is 0 Å². The maximum atomic E-state index is 9.95. The summed E-state index contributed by atoms with van der Waals surface area (Å²) < 4.78 is 6.18. The molecule has 1 heterocycles. The highest BCUT2D eigenvalue weighted by Crippen LogP contribution is 2.34. The Bertz CT molecular complexity index is 714. The first-order valence-electron chi connectivity index (χ1n) is 9.03. The smallest absolute Gasteiger partial charge is 0.227 e. The molecule has 0 saturated heterocycles. The Morgan fingerprint density at radius 2 is 1.64 bits per heavy atom. The van der Waals surface area contributed by atoms with Crippen LogP contribution in [-0.2, 0) is 6.61 Å². The van der Waals surface area contributed by atoms with Gasteiger partial charge in [0.15, 0.2) is 0 Å². The number of hydrogen-bond acceptors (Lipinski definition) is 4. The lowest BCUT2D eigenvalue weighted by Crippen LogP contribution is -2.18. The molecular formula is C21H30N2O2. The number of rotatable bonds is 7. The molecule has 0 radical (unpaired) electrons. The van der Waals surface area contributed by atoms with Crippen molar-refractivity contribution in [3.05, 3.63) is 46.1 Å². The zero-order valence-electron chi connectivity index (χ0n) is 16.2. The SMILES string of the molecule is CCC(CC)Nc1cc(C)nc(Oc2c(C)cc(C)cc2C)c1CO. The average Bonchev–Trinajstić information content (AvgIpc) is 2.55. The highest BCUT2D eigenvalue weighted by atomic mass is 16.5. The second-order valence-corrected chi connectivity index (χ2v) is 6.74. The molecule has 25 heavy (non-hydrogen) atoms. The number of nitrogens with one attached hydrogen (secondary N) is 1. The van der Waals surface area contributed by atoms with E-state index < -0.39 is 0 Å². The minimum Gasteiger partial charge on any atom is -0.438 e. The van der Waals surface area contributed by atoms with Crippen LogP contribution in [0, 0.1) is 27.7 Å². The van der Waals surface area contributed by atoms with E-state index >= 15 is 0 Å². The van der Waals surface area contributed by atoms with E-state index in [1.165, 1.54) is 5.56 Å². The zero-order valence-corrected chi connectivity index (χ0v) is 16.2. The van der Waals surface area contributed by atoms with Crippen LogP contribution in [0.2, 0.25) is 0 Å². The number of nitrogens with zero attached hydrogens (tertiary/aromatic N) is 1. The van der Waals surface area contributed by atoms with Crippen LogP contribution >= 0.6 is 0 Å². The van der Waals surface area contributed by atoms with Crippen LogP contribution in [0.1, 0.15) is 54.6 Å².